The zero-order valence-corrected chi connectivity index (χ0v) is 12.3. The number of ketones is 1. The Balaban J connectivity index is 2.25. The Morgan fingerprint density at radius 2 is 1.96 bits per heavy atom. The predicted octanol–water partition coefficient (Wildman–Crippen LogP) is 5.25. The topological polar surface area (TPSA) is 50.1 Å². The molecule has 0 N–H and O–H groups in total. The number of nitriles is 1. The van der Waals surface area contributed by atoms with Crippen LogP contribution in [0.5, 0.6) is 11.5 Å². The van der Waals surface area contributed by atoms with Gasteiger partial charge < -0.3 is 4.74 Å². The lowest BCUT2D eigenvalue weighted by Gasteiger charge is -2.11. The largest absolute Gasteiger partial charge is 0.456 e. The standard InChI is InChI=1S/C16H9ClF3NO2/c17-13-9-11(16(18,19)20)4-5-15(13)23-12-3-1-2-10(8-12)14(22)6-7-21/h1-5,8-9H,6H2. The highest BCUT2D eigenvalue weighted by molar-refractivity contribution is 6.32. The van der Waals surface area contributed by atoms with E-state index in [1.807, 2.05) is 0 Å². The van der Waals surface area contributed by atoms with Crippen molar-refractivity contribution >= 4 is 17.4 Å². The van der Waals surface area contributed by atoms with Crippen LogP contribution in [-0.2, 0) is 6.18 Å². The summed E-state index contributed by atoms with van der Waals surface area (Å²) in [5, 5.41) is 8.32. The Kier molecular flexibility index (Phi) is 4.92. The molecule has 0 radical (unpaired) electrons. The summed E-state index contributed by atoms with van der Waals surface area (Å²) in [6, 6.07) is 10.4. The first-order valence-corrected chi connectivity index (χ1v) is 6.74. The van der Waals surface area contributed by atoms with Crippen molar-refractivity contribution in [1.82, 2.24) is 0 Å². The lowest BCUT2D eigenvalue weighted by atomic mass is 10.1. The zero-order chi connectivity index (χ0) is 17.0. The molecular weight excluding hydrogens is 331 g/mol. The predicted molar refractivity (Wildman–Crippen MR) is 77.5 cm³/mol. The van der Waals surface area contributed by atoms with Crippen molar-refractivity contribution in [3.8, 4) is 17.6 Å². The average molecular weight is 340 g/mol. The van der Waals surface area contributed by atoms with Gasteiger partial charge in [-0.05, 0) is 30.3 Å². The van der Waals surface area contributed by atoms with Gasteiger partial charge >= 0.3 is 6.18 Å². The molecule has 23 heavy (non-hydrogen) atoms. The smallest absolute Gasteiger partial charge is 0.416 e. The molecule has 2 aromatic rings. The average Bonchev–Trinajstić information content (AvgIpc) is 2.49. The summed E-state index contributed by atoms with van der Waals surface area (Å²) in [5.41, 5.74) is -0.611. The number of halogens is 4. The Labute approximate surface area is 134 Å². The fraction of sp³-hybridized carbons (Fsp3) is 0.125. The molecule has 0 heterocycles. The minimum atomic E-state index is -4.49. The second-order valence-corrected chi connectivity index (χ2v) is 4.94. The van der Waals surface area contributed by atoms with Crippen molar-refractivity contribution in [1.29, 1.82) is 5.26 Å². The maximum absolute atomic E-state index is 12.6. The molecule has 2 aromatic carbocycles. The Hall–Kier alpha value is -2.52. The minimum Gasteiger partial charge on any atom is -0.456 e. The summed E-state index contributed by atoms with van der Waals surface area (Å²) in [5.74, 6) is -0.114. The van der Waals surface area contributed by atoms with Gasteiger partial charge in [-0.15, -0.1) is 0 Å². The van der Waals surface area contributed by atoms with Gasteiger partial charge in [-0.3, -0.25) is 4.79 Å². The molecule has 0 saturated heterocycles. The molecule has 0 aromatic heterocycles. The van der Waals surface area contributed by atoms with Gasteiger partial charge in [-0.25, -0.2) is 0 Å². The molecule has 0 atom stereocenters. The van der Waals surface area contributed by atoms with Gasteiger partial charge in [0.1, 0.15) is 11.5 Å². The van der Waals surface area contributed by atoms with Crippen LogP contribution in [-0.4, -0.2) is 5.78 Å². The monoisotopic (exact) mass is 339 g/mol. The van der Waals surface area contributed by atoms with Crippen LogP contribution in [0.15, 0.2) is 42.5 Å². The lowest BCUT2D eigenvalue weighted by molar-refractivity contribution is -0.137. The van der Waals surface area contributed by atoms with Crippen LogP contribution in [0.4, 0.5) is 13.2 Å². The molecule has 0 unspecified atom stereocenters. The van der Waals surface area contributed by atoms with Crippen LogP contribution in [0.3, 0.4) is 0 Å². The van der Waals surface area contributed by atoms with E-state index in [1.54, 1.807) is 6.07 Å². The molecule has 0 bridgehead atoms. The normalized spacial score (nSPS) is 10.9. The van der Waals surface area contributed by atoms with Gasteiger partial charge in [-0.2, -0.15) is 18.4 Å². The summed E-state index contributed by atoms with van der Waals surface area (Å²) < 4.78 is 43.1. The summed E-state index contributed by atoms with van der Waals surface area (Å²) >= 11 is 5.80. The van der Waals surface area contributed by atoms with E-state index in [0.29, 0.717) is 0 Å². The highest BCUT2D eigenvalue weighted by Crippen LogP contribution is 2.36. The molecule has 0 amide bonds. The number of benzene rings is 2. The Morgan fingerprint density at radius 3 is 2.57 bits per heavy atom. The van der Waals surface area contributed by atoms with Gasteiger partial charge in [0.05, 0.1) is 23.1 Å². The molecule has 0 saturated carbocycles. The minimum absolute atomic E-state index is 0.0320. The zero-order valence-electron chi connectivity index (χ0n) is 11.5. The van der Waals surface area contributed by atoms with E-state index in [-0.39, 0.29) is 34.3 Å². The fourth-order valence-corrected chi connectivity index (χ4v) is 2.01. The van der Waals surface area contributed by atoms with Crippen molar-refractivity contribution in [3.05, 3.63) is 58.6 Å². The van der Waals surface area contributed by atoms with E-state index in [0.717, 1.165) is 18.2 Å². The number of alkyl halides is 3. The van der Waals surface area contributed by atoms with Gasteiger partial charge in [0.2, 0.25) is 0 Å². The van der Waals surface area contributed by atoms with E-state index in [4.69, 9.17) is 21.6 Å². The first kappa shape index (κ1) is 16.8. The molecule has 0 aliphatic heterocycles. The lowest BCUT2D eigenvalue weighted by Crippen LogP contribution is -2.04. The first-order chi connectivity index (χ1) is 10.8. The highest BCUT2D eigenvalue weighted by Gasteiger charge is 2.31. The van der Waals surface area contributed by atoms with E-state index in [2.05, 4.69) is 0 Å². The van der Waals surface area contributed by atoms with E-state index >= 15 is 0 Å². The van der Waals surface area contributed by atoms with Crippen LogP contribution < -0.4 is 4.74 Å². The number of Topliss-reactive ketones (excluding diaryl/α,β-unsaturated/α-hetero) is 1. The van der Waals surface area contributed by atoms with Crippen LogP contribution in [0, 0.1) is 11.3 Å². The number of carbonyl (C=O) groups is 1. The van der Waals surface area contributed by atoms with Gasteiger partial charge in [-0.1, -0.05) is 23.7 Å². The molecule has 0 spiro atoms. The Bertz CT molecular complexity index is 782. The number of hydrogen-bond donors (Lipinski definition) is 0. The number of rotatable bonds is 4. The van der Waals surface area contributed by atoms with Gasteiger partial charge in [0, 0.05) is 5.56 Å². The number of hydrogen-bond acceptors (Lipinski definition) is 3. The second-order valence-electron chi connectivity index (χ2n) is 4.53. The molecule has 118 valence electrons. The number of carbonyl (C=O) groups excluding carboxylic acids is 1. The molecule has 0 fully saturated rings. The van der Waals surface area contributed by atoms with E-state index in [9.17, 15) is 18.0 Å². The summed E-state index contributed by atoms with van der Waals surface area (Å²) in [6.07, 6.45) is -4.77. The van der Waals surface area contributed by atoms with Gasteiger partial charge in [0.25, 0.3) is 0 Å². The maximum Gasteiger partial charge on any atom is 0.416 e. The summed E-state index contributed by atoms with van der Waals surface area (Å²) in [7, 11) is 0. The van der Waals surface area contributed by atoms with Crippen molar-refractivity contribution in [2.45, 2.75) is 12.6 Å². The van der Waals surface area contributed by atoms with Crippen LogP contribution in [0.2, 0.25) is 5.02 Å². The highest BCUT2D eigenvalue weighted by atomic mass is 35.5. The molecular formula is C16H9ClF3NO2. The van der Waals surface area contributed by atoms with Gasteiger partial charge in [0.15, 0.2) is 5.78 Å². The third-order valence-corrected chi connectivity index (χ3v) is 3.18. The third kappa shape index (κ3) is 4.24. The van der Waals surface area contributed by atoms with E-state index in [1.165, 1.54) is 24.3 Å². The molecule has 0 aliphatic carbocycles. The Morgan fingerprint density at radius 1 is 1.22 bits per heavy atom. The van der Waals surface area contributed by atoms with Crippen molar-refractivity contribution < 1.29 is 22.7 Å². The second kappa shape index (κ2) is 6.71. The summed E-state index contributed by atoms with van der Waals surface area (Å²) in [4.78, 5) is 11.6. The third-order valence-electron chi connectivity index (χ3n) is 2.88. The van der Waals surface area contributed by atoms with Crippen molar-refractivity contribution in [2.24, 2.45) is 0 Å². The van der Waals surface area contributed by atoms with E-state index < -0.39 is 11.7 Å². The van der Waals surface area contributed by atoms with Crippen LogP contribution in [0.1, 0.15) is 22.3 Å². The maximum atomic E-state index is 12.6. The van der Waals surface area contributed by atoms with Crippen molar-refractivity contribution in [3.63, 3.8) is 0 Å². The number of nitrogens with zero attached hydrogens (tertiary/aromatic N) is 1. The SMILES string of the molecule is N#CCC(=O)c1cccc(Oc2ccc(C(F)(F)F)cc2Cl)c1. The summed E-state index contributed by atoms with van der Waals surface area (Å²) in [6.45, 7) is 0. The van der Waals surface area contributed by atoms with Crippen molar-refractivity contribution in [2.75, 3.05) is 0 Å². The quantitative estimate of drug-likeness (QED) is 0.715. The molecule has 3 nitrogen and oxygen atoms in total. The number of ether oxygens (including phenoxy) is 1. The molecule has 7 heteroatoms. The van der Waals surface area contributed by atoms with Crippen LogP contribution >= 0.6 is 11.6 Å². The molecule has 2 rings (SSSR count). The fourth-order valence-electron chi connectivity index (χ4n) is 1.79. The molecule has 0 aliphatic rings. The van der Waals surface area contributed by atoms with Crippen LogP contribution in [0.25, 0.3) is 0 Å². The first-order valence-electron chi connectivity index (χ1n) is 6.36.